The third-order valence-corrected chi connectivity index (χ3v) is 5.23. The van der Waals surface area contributed by atoms with E-state index in [1.807, 2.05) is 42.5 Å². The van der Waals surface area contributed by atoms with Crippen LogP contribution in [0.5, 0.6) is 0 Å². The summed E-state index contributed by atoms with van der Waals surface area (Å²) < 4.78 is 0. The Morgan fingerprint density at radius 2 is 1.57 bits per heavy atom. The Balaban J connectivity index is 1.45. The smallest absolute Gasteiger partial charge is 0.251 e. The van der Waals surface area contributed by atoms with E-state index in [1.165, 1.54) is 31.5 Å². The van der Waals surface area contributed by atoms with Gasteiger partial charge in [0, 0.05) is 18.2 Å². The van der Waals surface area contributed by atoms with Crippen molar-refractivity contribution in [1.29, 1.82) is 0 Å². The number of hydrogen-bond donors (Lipinski definition) is 1. The highest BCUT2D eigenvalue weighted by Gasteiger charge is 2.34. The molecule has 1 N–H and O–H groups in total. The van der Waals surface area contributed by atoms with Crippen molar-refractivity contribution in [2.45, 2.75) is 18.9 Å². The third kappa shape index (κ3) is 3.02. The van der Waals surface area contributed by atoms with Crippen molar-refractivity contribution in [3.8, 4) is 11.1 Å². The van der Waals surface area contributed by atoms with E-state index in [0.29, 0.717) is 12.0 Å². The van der Waals surface area contributed by atoms with Crippen LogP contribution in [0, 0.1) is 5.92 Å². The molecule has 0 aliphatic carbocycles. The zero-order valence-corrected chi connectivity index (χ0v) is 13.2. The number of hydrogen-bond acceptors (Lipinski definition) is 2. The summed E-state index contributed by atoms with van der Waals surface area (Å²) in [5, 5.41) is 3.25. The molecule has 0 radical (unpaired) electrons. The lowest BCUT2D eigenvalue weighted by Gasteiger charge is -2.44. The van der Waals surface area contributed by atoms with Crippen molar-refractivity contribution >= 4 is 5.91 Å². The standard InChI is InChI=1S/C20H22N2O/c23-20(21-19-14-22-12-10-17(19)11-13-22)18-8-6-16(7-9-18)15-4-2-1-3-5-15/h1-9,17,19H,10-14H2,(H,21,23). The van der Waals surface area contributed by atoms with Crippen LogP contribution in [0.4, 0.5) is 0 Å². The van der Waals surface area contributed by atoms with Gasteiger partial charge in [-0.25, -0.2) is 0 Å². The predicted molar refractivity (Wildman–Crippen MR) is 92.3 cm³/mol. The first-order valence-corrected chi connectivity index (χ1v) is 8.48. The van der Waals surface area contributed by atoms with Gasteiger partial charge < -0.3 is 10.2 Å². The molecule has 3 heterocycles. The van der Waals surface area contributed by atoms with Gasteiger partial charge >= 0.3 is 0 Å². The third-order valence-electron chi connectivity index (χ3n) is 5.23. The molecule has 3 fully saturated rings. The summed E-state index contributed by atoms with van der Waals surface area (Å²) in [5.74, 6) is 0.718. The number of nitrogens with zero attached hydrogens (tertiary/aromatic N) is 1. The van der Waals surface area contributed by atoms with E-state index in [9.17, 15) is 4.79 Å². The average Bonchev–Trinajstić information content (AvgIpc) is 2.63. The van der Waals surface area contributed by atoms with E-state index in [0.717, 1.165) is 17.7 Å². The largest absolute Gasteiger partial charge is 0.348 e. The Morgan fingerprint density at radius 1 is 0.913 bits per heavy atom. The van der Waals surface area contributed by atoms with Crippen LogP contribution < -0.4 is 5.32 Å². The highest BCUT2D eigenvalue weighted by molar-refractivity contribution is 5.94. The van der Waals surface area contributed by atoms with Crippen LogP contribution in [0.3, 0.4) is 0 Å². The summed E-state index contributed by atoms with van der Waals surface area (Å²) in [6.45, 7) is 3.41. The van der Waals surface area contributed by atoms with E-state index >= 15 is 0 Å². The number of amides is 1. The molecule has 3 saturated heterocycles. The van der Waals surface area contributed by atoms with Gasteiger partial charge in [-0.2, -0.15) is 0 Å². The summed E-state index contributed by atoms with van der Waals surface area (Å²) in [5.41, 5.74) is 3.07. The van der Waals surface area contributed by atoms with E-state index < -0.39 is 0 Å². The molecule has 0 spiro atoms. The Labute approximate surface area is 137 Å². The summed E-state index contributed by atoms with van der Waals surface area (Å²) >= 11 is 0. The lowest BCUT2D eigenvalue weighted by Crippen LogP contribution is -2.57. The molecule has 1 atom stereocenters. The zero-order chi connectivity index (χ0) is 15.6. The number of carbonyl (C=O) groups excluding carboxylic acids is 1. The number of rotatable bonds is 3. The Kier molecular flexibility index (Phi) is 3.88. The fraction of sp³-hybridized carbons (Fsp3) is 0.350. The van der Waals surface area contributed by atoms with Gasteiger partial charge in [-0.1, -0.05) is 42.5 Å². The van der Waals surface area contributed by atoms with E-state index in [2.05, 4.69) is 22.3 Å². The minimum atomic E-state index is 0.0587. The Bertz CT molecular complexity index is 673. The van der Waals surface area contributed by atoms with Crippen LogP contribution in [0.1, 0.15) is 23.2 Å². The second-order valence-corrected chi connectivity index (χ2v) is 6.66. The second-order valence-electron chi connectivity index (χ2n) is 6.66. The van der Waals surface area contributed by atoms with Crippen molar-refractivity contribution in [1.82, 2.24) is 10.2 Å². The molecular weight excluding hydrogens is 284 g/mol. The molecule has 0 saturated carbocycles. The molecule has 3 nitrogen and oxygen atoms in total. The maximum Gasteiger partial charge on any atom is 0.251 e. The predicted octanol–water partition coefficient (Wildman–Crippen LogP) is 3.18. The molecule has 1 amide bonds. The molecule has 0 aromatic heterocycles. The lowest BCUT2D eigenvalue weighted by atomic mass is 9.84. The molecule has 2 bridgehead atoms. The normalized spacial score (nSPS) is 26.0. The van der Waals surface area contributed by atoms with Crippen LogP contribution >= 0.6 is 0 Å². The lowest BCUT2D eigenvalue weighted by molar-refractivity contribution is 0.0620. The number of carbonyl (C=O) groups is 1. The fourth-order valence-corrected chi connectivity index (χ4v) is 3.82. The number of piperidine rings is 3. The van der Waals surface area contributed by atoms with Crippen molar-refractivity contribution in [3.05, 3.63) is 60.2 Å². The quantitative estimate of drug-likeness (QED) is 0.944. The van der Waals surface area contributed by atoms with Gasteiger partial charge in [0.15, 0.2) is 0 Å². The summed E-state index contributed by atoms with van der Waals surface area (Å²) in [4.78, 5) is 15.0. The zero-order valence-electron chi connectivity index (χ0n) is 13.2. The van der Waals surface area contributed by atoms with Crippen LogP contribution in [0.15, 0.2) is 54.6 Å². The number of nitrogens with one attached hydrogen (secondary N) is 1. The molecule has 3 aliphatic rings. The van der Waals surface area contributed by atoms with Gasteiger partial charge in [-0.05, 0) is 55.1 Å². The van der Waals surface area contributed by atoms with E-state index in [4.69, 9.17) is 0 Å². The van der Waals surface area contributed by atoms with Gasteiger partial charge in [0.2, 0.25) is 0 Å². The average molecular weight is 306 g/mol. The van der Waals surface area contributed by atoms with Crippen molar-refractivity contribution < 1.29 is 4.79 Å². The topological polar surface area (TPSA) is 32.3 Å². The highest BCUT2D eigenvalue weighted by Crippen LogP contribution is 2.27. The van der Waals surface area contributed by atoms with Crippen molar-refractivity contribution in [2.24, 2.45) is 5.92 Å². The molecule has 23 heavy (non-hydrogen) atoms. The van der Waals surface area contributed by atoms with Gasteiger partial charge in [0.05, 0.1) is 0 Å². The molecule has 2 aromatic rings. The van der Waals surface area contributed by atoms with Crippen LogP contribution in [0.25, 0.3) is 11.1 Å². The van der Waals surface area contributed by atoms with Gasteiger partial charge in [-0.3, -0.25) is 4.79 Å². The Morgan fingerprint density at radius 3 is 2.17 bits per heavy atom. The van der Waals surface area contributed by atoms with Crippen LogP contribution in [-0.4, -0.2) is 36.5 Å². The van der Waals surface area contributed by atoms with E-state index in [-0.39, 0.29) is 5.91 Å². The first-order valence-electron chi connectivity index (χ1n) is 8.48. The summed E-state index contributed by atoms with van der Waals surface area (Å²) in [6, 6.07) is 18.5. The summed E-state index contributed by atoms with van der Waals surface area (Å²) in [6.07, 6.45) is 2.44. The molecule has 118 valence electrons. The monoisotopic (exact) mass is 306 g/mol. The molecule has 5 rings (SSSR count). The summed E-state index contributed by atoms with van der Waals surface area (Å²) in [7, 11) is 0. The number of benzene rings is 2. The minimum Gasteiger partial charge on any atom is -0.348 e. The maximum absolute atomic E-state index is 12.5. The van der Waals surface area contributed by atoms with Gasteiger partial charge in [-0.15, -0.1) is 0 Å². The van der Waals surface area contributed by atoms with Crippen molar-refractivity contribution in [3.63, 3.8) is 0 Å². The minimum absolute atomic E-state index is 0.0587. The van der Waals surface area contributed by atoms with Crippen molar-refractivity contribution in [2.75, 3.05) is 19.6 Å². The molecule has 3 aliphatic heterocycles. The highest BCUT2D eigenvalue weighted by atomic mass is 16.1. The fourth-order valence-electron chi connectivity index (χ4n) is 3.82. The van der Waals surface area contributed by atoms with Gasteiger partial charge in [0.25, 0.3) is 5.91 Å². The molecular formula is C20H22N2O. The van der Waals surface area contributed by atoms with Gasteiger partial charge in [0.1, 0.15) is 0 Å². The first-order chi connectivity index (χ1) is 11.3. The Hall–Kier alpha value is -2.13. The van der Waals surface area contributed by atoms with Crippen LogP contribution in [0.2, 0.25) is 0 Å². The first kappa shape index (κ1) is 14.5. The molecule has 3 heteroatoms. The number of fused-ring (bicyclic) bond motifs is 3. The maximum atomic E-state index is 12.5. The van der Waals surface area contributed by atoms with E-state index in [1.54, 1.807) is 0 Å². The molecule has 2 aromatic carbocycles. The molecule has 1 unspecified atom stereocenters. The second kappa shape index (κ2) is 6.17. The SMILES string of the molecule is O=C(NC1CN2CCC1CC2)c1ccc(-c2ccccc2)cc1. The van der Waals surface area contributed by atoms with Crippen LogP contribution in [-0.2, 0) is 0 Å².